The largest absolute Gasteiger partial charge is 0.496 e. The molecule has 2 rings (SSSR count). The average molecular weight is 259 g/mol. The molecular formula is C15H21N3O. The van der Waals surface area contributed by atoms with Crippen LogP contribution < -0.4 is 10.5 Å². The van der Waals surface area contributed by atoms with E-state index in [1.165, 1.54) is 5.56 Å². The molecular weight excluding hydrogens is 238 g/mol. The first-order valence-electron chi connectivity index (χ1n) is 6.45. The summed E-state index contributed by atoms with van der Waals surface area (Å²) in [5.74, 6) is 1.87. The number of rotatable bonds is 4. The van der Waals surface area contributed by atoms with Crippen LogP contribution in [0.15, 0.2) is 18.2 Å². The minimum atomic E-state index is 0.606. The van der Waals surface area contributed by atoms with Gasteiger partial charge >= 0.3 is 0 Å². The van der Waals surface area contributed by atoms with Crippen LogP contribution in [0, 0.1) is 13.8 Å². The Morgan fingerprint density at radius 1 is 1.32 bits per heavy atom. The lowest BCUT2D eigenvalue weighted by molar-refractivity contribution is 0.416. The summed E-state index contributed by atoms with van der Waals surface area (Å²) >= 11 is 0. The zero-order chi connectivity index (χ0) is 14.0. The Kier molecular flexibility index (Phi) is 3.90. The Bertz CT molecular complexity index is 587. The predicted molar refractivity (Wildman–Crippen MR) is 77.4 cm³/mol. The zero-order valence-electron chi connectivity index (χ0n) is 12.0. The van der Waals surface area contributed by atoms with Crippen LogP contribution >= 0.6 is 0 Å². The van der Waals surface area contributed by atoms with Gasteiger partial charge in [-0.2, -0.15) is 0 Å². The van der Waals surface area contributed by atoms with Gasteiger partial charge in [0.15, 0.2) is 0 Å². The number of hydrogen-bond donors (Lipinski definition) is 1. The molecule has 0 aliphatic heterocycles. The molecule has 0 aliphatic rings. The molecule has 0 bridgehead atoms. The fraction of sp³-hybridized carbons (Fsp3) is 0.400. The first-order valence-corrected chi connectivity index (χ1v) is 6.45. The van der Waals surface area contributed by atoms with Crippen LogP contribution in [0.3, 0.4) is 0 Å². The molecule has 0 unspecified atom stereocenters. The second-order valence-electron chi connectivity index (χ2n) is 4.76. The number of hydrogen-bond acceptors (Lipinski definition) is 3. The van der Waals surface area contributed by atoms with E-state index >= 15 is 0 Å². The van der Waals surface area contributed by atoms with Crippen molar-refractivity contribution in [2.24, 2.45) is 12.8 Å². The molecule has 1 aromatic carbocycles. The molecule has 102 valence electrons. The van der Waals surface area contributed by atoms with E-state index in [0.29, 0.717) is 6.54 Å². The average Bonchev–Trinajstić information content (AvgIpc) is 2.67. The number of nitrogens with zero attached hydrogens (tertiary/aromatic N) is 2. The van der Waals surface area contributed by atoms with E-state index in [1.54, 1.807) is 7.11 Å². The number of nitrogens with two attached hydrogens (primary N) is 1. The monoisotopic (exact) mass is 259 g/mol. The quantitative estimate of drug-likeness (QED) is 0.916. The van der Waals surface area contributed by atoms with Crippen molar-refractivity contribution in [3.8, 4) is 17.0 Å². The molecule has 0 spiro atoms. The van der Waals surface area contributed by atoms with Crippen molar-refractivity contribution in [3.05, 3.63) is 35.3 Å². The van der Waals surface area contributed by atoms with Crippen molar-refractivity contribution in [2.45, 2.75) is 20.3 Å². The number of aryl methyl sites for hydroxylation is 1. The van der Waals surface area contributed by atoms with E-state index in [2.05, 4.69) is 24.5 Å². The second kappa shape index (κ2) is 5.45. The summed E-state index contributed by atoms with van der Waals surface area (Å²) in [5, 5.41) is 0. The van der Waals surface area contributed by atoms with Gasteiger partial charge in [-0.1, -0.05) is 11.6 Å². The normalized spacial score (nSPS) is 10.8. The van der Waals surface area contributed by atoms with Gasteiger partial charge in [0, 0.05) is 24.7 Å². The molecule has 0 saturated heterocycles. The molecule has 2 aromatic rings. The number of methoxy groups -OCH3 is 1. The fourth-order valence-corrected chi connectivity index (χ4v) is 2.25. The SMILES string of the molecule is COc1ccc(C)cc1-c1nc(CCN)n(C)c1C. The molecule has 0 saturated carbocycles. The molecule has 0 atom stereocenters. The summed E-state index contributed by atoms with van der Waals surface area (Å²) in [6, 6.07) is 6.14. The molecule has 2 N–H and O–H groups in total. The van der Waals surface area contributed by atoms with Crippen molar-refractivity contribution >= 4 is 0 Å². The van der Waals surface area contributed by atoms with Gasteiger partial charge in [0.05, 0.1) is 12.8 Å². The maximum Gasteiger partial charge on any atom is 0.128 e. The number of ether oxygens (including phenoxy) is 1. The van der Waals surface area contributed by atoms with Crippen LogP contribution in [0.1, 0.15) is 17.1 Å². The summed E-state index contributed by atoms with van der Waals surface area (Å²) in [5.41, 5.74) is 9.98. The fourth-order valence-electron chi connectivity index (χ4n) is 2.25. The Balaban J connectivity index is 2.58. The summed E-state index contributed by atoms with van der Waals surface area (Å²) in [7, 11) is 3.71. The summed E-state index contributed by atoms with van der Waals surface area (Å²) in [6.45, 7) is 4.75. The lowest BCUT2D eigenvalue weighted by Crippen LogP contribution is -2.08. The second-order valence-corrected chi connectivity index (χ2v) is 4.76. The van der Waals surface area contributed by atoms with Crippen LogP contribution in [-0.2, 0) is 13.5 Å². The highest BCUT2D eigenvalue weighted by Crippen LogP contribution is 2.32. The third-order valence-electron chi connectivity index (χ3n) is 3.45. The smallest absolute Gasteiger partial charge is 0.128 e. The number of aromatic nitrogens is 2. The highest BCUT2D eigenvalue weighted by molar-refractivity contribution is 5.70. The molecule has 0 fully saturated rings. The summed E-state index contributed by atoms with van der Waals surface area (Å²) in [4.78, 5) is 4.72. The van der Waals surface area contributed by atoms with E-state index in [1.807, 2.05) is 19.2 Å². The van der Waals surface area contributed by atoms with Gasteiger partial charge in [-0.15, -0.1) is 0 Å². The van der Waals surface area contributed by atoms with Crippen molar-refractivity contribution in [1.29, 1.82) is 0 Å². The Hall–Kier alpha value is -1.81. The minimum absolute atomic E-state index is 0.606. The van der Waals surface area contributed by atoms with Crippen LogP contribution in [0.5, 0.6) is 5.75 Å². The Morgan fingerprint density at radius 3 is 2.68 bits per heavy atom. The standard InChI is InChI=1S/C15H21N3O/c1-10-5-6-13(19-4)12(9-10)15-11(2)18(3)14(17-15)7-8-16/h5-6,9H,7-8,16H2,1-4H3. The first-order chi connectivity index (χ1) is 9.08. The molecule has 4 heteroatoms. The lowest BCUT2D eigenvalue weighted by atomic mass is 10.1. The van der Waals surface area contributed by atoms with Crippen molar-refractivity contribution < 1.29 is 4.74 Å². The Labute approximate surface area is 114 Å². The maximum atomic E-state index is 5.63. The van der Waals surface area contributed by atoms with Gasteiger partial charge in [0.1, 0.15) is 11.6 Å². The predicted octanol–water partition coefficient (Wildman–Crippen LogP) is 2.21. The minimum Gasteiger partial charge on any atom is -0.496 e. The van der Waals surface area contributed by atoms with E-state index in [0.717, 1.165) is 34.9 Å². The van der Waals surface area contributed by atoms with Gasteiger partial charge < -0.3 is 15.0 Å². The van der Waals surface area contributed by atoms with Gasteiger partial charge in [0.2, 0.25) is 0 Å². The van der Waals surface area contributed by atoms with Gasteiger partial charge in [-0.3, -0.25) is 0 Å². The topological polar surface area (TPSA) is 53.1 Å². The number of benzene rings is 1. The maximum absolute atomic E-state index is 5.63. The van der Waals surface area contributed by atoms with Gasteiger partial charge in [-0.25, -0.2) is 4.98 Å². The molecule has 0 radical (unpaired) electrons. The highest BCUT2D eigenvalue weighted by Gasteiger charge is 2.16. The van der Waals surface area contributed by atoms with Gasteiger partial charge in [0.25, 0.3) is 0 Å². The molecule has 0 aliphatic carbocycles. The van der Waals surface area contributed by atoms with Crippen LogP contribution in [0.4, 0.5) is 0 Å². The third kappa shape index (κ3) is 2.49. The molecule has 0 amide bonds. The van der Waals surface area contributed by atoms with E-state index in [4.69, 9.17) is 15.5 Å². The summed E-state index contributed by atoms with van der Waals surface area (Å²) < 4.78 is 7.55. The van der Waals surface area contributed by atoms with Crippen molar-refractivity contribution in [2.75, 3.05) is 13.7 Å². The van der Waals surface area contributed by atoms with E-state index in [9.17, 15) is 0 Å². The number of imidazole rings is 1. The van der Waals surface area contributed by atoms with Crippen LogP contribution in [0.25, 0.3) is 11.3 Å². The molecule has 1 aromatic heterocycles. The van der Waals surface area contributed by atoms with Crippen LogP contribution in [0.2, 0.25) is 0 Å². The van der Waals surface area contributed by atoms with E-state index < -0.39 is 0 Å². The molecule has 19 heavy (non-hydrogen) atoms. The highest BCUT2D eigenvalue weighted by atomic mass is 16.5. The Morgan fingerprint density at radius 2 is 2.05 bits per heavy atom. The van der Waals surface area contributed by atoms with Crippen molar-refractivity contribution in [1.82, 2.24) is 9.55 Å². The molecule has 4 nitrogen and oxygen atoms in total. The third-order valence-corrected chi connectivity index (χ3v) is 3.45. The zero-order valence-corrected chi connectivity index (χ0v) is 12.0. The lowest BCUT2D eigenvalue weighted by Gasteiger charge is -2.08. The summed E-state index contributed by atoms with van der Waals surface area (Å²) in [6.07, 6.45) is 0.783. The van der Waals surface area contributed by atoms with Gasteiger partial charge in [-0.05, 0) is 32.5 Å². The molecule has 1 heterocycles. The van der Waals surface area contributed by atoms with Crippen molar-refractivity contribution in [3.63, 3.8) is 0 Å². The first kappa shape index (κ1) is 13.6. The van der Waals surface area contributed by atoms with E-state index in [-0.39, 0.29) is 0 Å². The van der Waals surface area contributed by atoms with Crippen LogP contribution in [-0.4, -0.2) is 23.2 Å².